The second kappa shape index (κ2) is 8.07. The van der Waals surface area contributed by atoms with Gasteiger partial charge in [0, 0.05) is 11.8 Å². The van der Waals surface area contributed by atoms with Crippen LogP contribution in [0.15, 0.2) is 58.7 Å². The predicted octanol–water partition coefficient (Wildman–Crippen LogP) is 3.43. The van der Waals surface area contributed by atoms with Gasteiger partial charge in [-0.15, -0.1) is 0 Å². The van der Waals surface area contributed by atoms with Crippen LogP contribution >= 0.6 is 11.8 Å². The van der Waals surface area contributed by atoms with Gasteiger partial charge in [-0.05, 0) is 31.2 Å². The van der Waals surface area contributed by atoms with Crippen molar-refractivity contribution < 1.29 is 13.6 Å². The number of halogens is 2. The van der Waals surface area contributed by atoms with Gasteiger partial charge in [0.25, 0.3) is 5.56 Å². The number of hydrogen-bond donors (Lipinski definition) is 2. The highest BCUT2D eigenvalue weighted by atomic mass is 32.2. The van der Waals surface area contributed by atoms with Gasteiger partial charge in [-0.1, -0.05) is 29.5 Å². The molecule has 0 radical (unpaired) electrons. The zero-order valence-corrected chi connectivity index (χ0v) is 16.5. The number of imidazole rings is 1. The van der Waals surface area contributed by atoms with Gasteiger partial charge in [0.1, 0.15) is 11.6 Å². The molecule has 1 amide bonds. The van der Waals surface area contributed by atoms with E-state index in [2.05, 4.69) is 20.3 Å². The summed E-state index contributed by atoms with van der Waals surface area (Å²) in [5.41, 5.74) is 1.61. The first kappa shape index (κ1) is 19.8. The van der Waals surface area contributed by atoms with Crippen molar-refractivity contribution in [1.29, 1.82) is 0 Å². The number of rotatable bonds is 5. The van der Waals surface area contributed by atoms with E-state index in [1.54, 1.807) is 4.57 Å². The molecule has 0 atom stereocenters. The number of amides is 1. The van der Waals surface area contributed by atoms with Crippen molar-refractivity contribution in [2.24, 2.45) is 0 Å². The molecule has 7 nitrogen and oxygen atoms in total. The van der Waals surface area contributed by atoms with Crippen LogP contribution in [0.25, 0.3) is 16.9 Å². The summed E-state index contributed by atoms with van der Waals surface area (Å²) >= 11 is 1.05. The van der Waals surface area contributed by atoms with E-state index >= 15 is 0 Å². The standard InChI is InChI=1S/C20H15F2N5O2S/c1-11-2-5-13(6-3-11)27-18-17(19(29)24-10-23-18)26-20(27)30-9-16(28)25-15-8-12(21)4-7-14(15)22/h2-8,10H,9H2,1H3,(H,25,28)(H,23,24,29). The Kier molecular flexibility index (Phi) is 5.32. The third kappa shape index (κ3) is 3.94. The fourth-order valence-corrected chi connectivity index (χ4v) is 3.63. The molecule has 30 heavy (non-hydrogen) atoms. The maximum atomic E-state index is 13.7. The molecule has 2 aromatic carbocycles. The number of aromatic amines is 1. The molecule has 0 saturated heterocycles. The molecule has 4 aromatic rings. The van der Waals surface area contributed by atoms with Crippen molar-refractivity contribution in [3.05, 3.63) is 76.3 Å². The highest BCUT2D eigenvalue weighted by Crippen LogP contribution is 2.26. The Morgan fingerprint density at radius 1 is 1.20 bits per heavy atom. The first-order valence-electron chi connectivity index (χ1n) is 8.83. The number of carbonyl (C=O) groups is 1. The van der Waals surface area contributed by atoms with E-state index in [1.165, 1.54) is 6.33 Å². The number of carbonyl (C=O) groups excluding carboxylic acids is 1. The van der Waals surface area contributed by atoms with Crippen LogP contribution in [0.4, 0.5) is 14.5 Å². The monoisotopic (exact) mass is 427 g/mol. The fraction of sp³-hybridized carbons (Fsp3) is 0.100. The van der Waals surface area contributed by atoms with Crippen molar-refractivity contribution in [1.82, 2.24) is 19.5 Å². The minimum absolute atomic E-state index is 0.136. The number of thioether (sulfide) groups is 1. The van der Waals surface area contributed by atoms with Gasteiger partial charge in [-0.2, -0.15) is 0 Å². The summed E-state index contributed by atoms with van der Waals surface area (Å²) in [7, 11) is 0. The Balaban J connectivity index is 1.64. The molecule has 0 aliphatic carbocycles. The lowest BCUT2D eigenvalue weighted by Crippen LogP contribution is -2.15. The first-order valence-corrected chi connectivity index (χ1v) is 9.82. The molecular weight excluding hydrogens is 412 g/mol. The summed E-state index contributed by atoms with van der Waals surface area (Å²) in [5.74, 6) is -2.08. The van der Waals surface area contributed by atoms with Crippen LogP contribution in [-0.4, -0.2) is 31.2 Å². The van der Waals surface area contributed by atoms with Crippen molar-refractivity contribution in [2.75, 3.05) is 11.1 Å². The maximum absolute atomic E-state index is 13.7. The molecule has 0 bridgehead atoms. The van der Waals surface area contributed by atoms with Crippen LogP contribution in [0.5, 0.6) is 0 Å². The smallest absolute Gasteiger partial charge is 0.278 e. The van der Waals surface area contributed by atoms with Gasteiger partial charge in [0.2, 0.25) is 5.91 Å². The Morgan fingerprint density at radius 3 is 2.73 bits per heavy atom. The Labute approximate surface area is 173 Å². The highest BCUT2D eigenvalue weighted by molar-refractivity contribution is 7.99. The van der Waals surface area contributed by atoms with Crippen molar-refractivity contribution >= 4 is 34.5 Å². The van der Waals surface area contributed by atoms with Crippen molar-refractivity contribution in [3.63, 3.8) is 0 Å². The summed E-state index contributed by atoms with van der Waals surface area (Å²) in [6, 6.07) is 10.3. The highest BCUT2D eigenvalue weighted by Gasteiger charge is 2.18. The summed E-state index contributed by atoms with van der Waals surface area (Å²) in [5, 5.41) is 2.71. The normalized spacial score (nSPS) is 11.0. The number of aryl methyl sites for hydroxylation is 1. The van der Waals surface area contributed by atoms with E-state index in [0.717, 1.165) is 41.2 Å². The lowest BCUT2D eigenvalue weighted by atomic mass is 10.2. The quantitative estimate of drug-likeness (QED) is 0.476. The zero-order chi connectivity index (χ0) is 21.3. The number of fused-ring (bicyclic) bond motifs is 1. The number of H-pyrrole nitrogens is 1. The van der Waals surface area contributed by atoms with E-state index in [1.807, 2.05) is 31.2 Å². The van der Waals surface area contributed by atoms with Crippen LogP contribution in [0.1, 0.15) is 5.56 Å². The molecule has 0 aliphatic rings. The minimum Gasteiger partial charge on any atom is -0.323 e. The zero-order valence-electron chi connectivity index (χ0n) is 15.6. The van der Waals surface area contributed by atoms with Gasteiger partial charge in [0.15, 0.2) is 16.3 Å². The molecule has 0 spiro atoms. The van der Waals surface area contributed by atoms with Gasteiger partial charge in [0.05, 0.1) is 17.8 Å². The molecule has 2 aromatic heterocycles. The van der Waals surface area contributed by atoms with E-state index < -0.39 is 23.1 Å². The lowest BCUT2D eigenvalue weighted by Gasteiger charge is -2.09. The van der Waals surface area contributed by atoms with Crippen LogP contribution in [0, 0.1) is 18.6 Å². The molecule has 0 aliphatic heterocycles. The number of nitrogens with zero attached hydrogens (tertiary/aromatic N) is 3. The van der Waals surface area contributed by atoms with Crippen LogP contribution in [0.3, 0.4) is 0 Å². The largest absolute Gasteiger partial charge is 0.323 e. The van der Waals surface area contributed by atoms with Gasteiger partial charge < -0.3 is 10.3 Å². The molecule has 2 N–H and O–H groups in total. The van der Waals surface area contributed by atoms with Crippen LogP contribution in [0.2, 0.25) is 0 Å². The molecule has 0 saturated carbocycles. The molecule has 0 unspecified atom stereocenters. The SMILES string of the molecule is Cc1ccc(-n2c(SCC(=O)Nc3cc(F)ccc3F)nc3c(=O)[nH]cnc32)cc1. The molecule has 4 rings (SSSR count). The topological polar surface area (TPSA) is 92.7 Å². The third-order valence-electron chi connectivity index (χ3n) is 4.25. The number of nitrogens with one attached hydrogen (secondary N) is 2. The third-order valence-corrected chi connectivity index (χ3v) is 5.19. The first-order chi connectivity index (χ1) is 14.4. The minimum atomic E-state index is -0.739. The average Bonchev–Trinajstić information content (AvgIpc) is 3.10. The fourth-order valence-electron chi connectivity index (χ4n) is 2.82. The number of aromatic nitrogens is 4. The van der Waals surface area contributed by atoms with Gasteiger partial charge in [-0.3, -0.25) is 14.2 Å². The number of benzene rings is 2. The van der Waals surface area contributed by atoms with E-state index in [-0.39, 0.29) is 17.0 Å². The maximum Gasteiger partial charge on any atom is 0.278 e. The van der Waals surface area contributed by atoms with E-state index in [4.69, 9.17) is 0 Å². The second-order valence-electron chi connectivity index (χ2n) is 6.43. The number of hydrogen-bond acceptors (Lipinski definition) is 5. The summed E-state index contributed by atoms with van der Waals surface area (Å²) in [6.45, 7) is 1.95. The molecule has 152 valence electrons. The van der Waals surface area contributed by atoms with Crippen LogP contribution < -0.4 is 10.9 Å². The Morgan fingerprint density at radius 2 is 1.97 bits per heavy atom. The second-order valence-corrected chi connectivity index (χ2v) is 7.37. The predicted molar refractivity (Wildman–Crippen MR) is 110 cm³/mol. The number of anilines is 1. The van der Waals surface area contributed by atoms with Crippen LogP contribution in [-0.2, 0) is 4.79 Å². The molecular formula is C20H15F2N5O2S. The molecule has 10 heteroatoms. The Bertz CT molecular complexity index is 1300. The Hall–Kier alpha value is -3.53. The lowest BCUT2D eigenvalue weighted by molar-refractivity contribution is -0.113. The summed E-state index contributed by atoms with van der Waals surface area (Å²) in [4.78, 5) is 35.4. The van der Waals surface area contributed by atoms with Crippen molar-refractivity contribution in [3.8, 4) is 5.69 Å². The van der Waals surface area contributed by atoms with E-state index in [9.17, 15) is 18.4 Å². The summed E-state index contributed by atoms with van der Waals surface area (Å²) in [6.07, 6.45) is 1.28. The van der Waals surface area contributed by atoms with Gasteiger partial charge >= 0.3 is 0 Å². The van der Waals surface area contributed by atoms with Gasteiger partial charge in [-0.25, -0.2) is 18.7 Å². The summed E-state index contributed by atoms with van der Waals surface area (Å²) < 4.78 is 28.7. The molecule has 2 heterocycles. The average molecular weight is 427 g/mol. The van der Waals surface area contributed by atoms with Crippen molar-refractivity contribution in [2.45, 2.75) is 12.1 Å². The molecule has 0 fully saturated rings. The van der Waals surface area contributed by atoms with E-state index in [0.29, 0.717) is 10.8 Å².